The van der Waals surface area contributed by atoms with Gasteiger partial charge in [0.2, 0.25) is 6.08 Å². The number of rotatable bonds is 2. The Kier molecular flexibility index (Phi) is 2.55. The molecular formula is C11H8BrNO2. The van der Waals surface area contributed by atoms with Crippen molar-refractivity contribution >= 4 is 27.8 Å². The van der Waals surface area contributed by atoms with Gasteiger partial charge in [-0.2, -0.15) is 4.99 Å². The molecule has 1 saturated carbocycles. The van der Waals surface area contributed by atoms with Gasteiger partial charge in [0.05, 0.1) is 0 Å². The molecule has 3 nitrogen and oxygen atoms in total. The number of Topliss-reactive ketones (excluding diaryl/α,β-unsaturated/α-hetero) is 1. The Hall–Kier alpha value is -1.25. The fraction of sp³-hybridized carbons (Fsp3) is 0.273. The van der Waals surface area contributed by atoms with Crippen LogP contribution in [0.2, 0.25) is 0 Å². The minimum atomic E-state index is -0.668. The molecule has 0 aromatic heterocycles. The summed E-state index contributed by atoms with van der Waals surface area (Å²) >= 11 is 3.40. The molecule has 0 bridgehead atoms. The number of carbonyl (C=O) groups excluding carboxylic acids is 2. The summed E-state index contributed by atoms with van der Waals surface area (Å²) in [5, 5.41) is 0. The molecule has 0 atom stereocenters. The molecule has 1 aliphatic rings. The Morgan fingerprint density at radius 2 is 2.00 bits per heavy atom. The monoisotopic (exact) mass is 265 g/mol. The molecule has 0 spiro atoms. The quantitative estimate of drug-likeness (QED) is 0.609. The highest BCUT2D eigenvalue weighted by Gasteiger charge is 2.46. The normalized spacial score (nSPS) is 17.8. The van der Waals surface area contributed by atoms with Gasteiger partial charge in [-0.3, -0.25) is 4.79 Å². The van der Waals surface area contributed by atoms with Crippen molar-refractivity contribution in [2.24, 2.45) is 4.99 Å². The average Bonchev–Trinajstić information content (AvgIpc) is 2.16. The van der Waals surface area contributed by atoms with Crippen LogP contribution >= 0.6 is 15.9 Å². The second-order valence-electron chi connectivity index (χ2n) is 3.61. The minimum absolute atomic E-state index is 0.129. The number of aliphatic imine (C=N–C) groups is 1. The Balaban J connectivity index is 2.47. The fourth-order valence-electron chi connectivity index (χ4n) is 1.86. The number of hydrogen-bond acceptors (Lipinski definition) is 3. The van der Waals surface area contributed by atoms with Crippen LogP contribution in [0.3, 0.4) is 0 Å². The number of ketones is 1. The Morgan fingerprint density at radius 3 is 2.53 bits per heavy atom. The molecule has 0 saturated heterocycles. The van der Waals surface area contributed by atoms with Gasteiger partial charge in [0.1, 0.15) is 11.3 Å². The van der Waals surface area contributed by atoms with Crippen LogP contribution in [0, 0.1) is 0 Å². The van der Waals surface area contributed by atoms with E-state index in [1.54, 1.807) is 6.08 Å². The third-order valence-corrected chi connectivity index (χ3v) is 3.31. The van der Waals surface area contributed by atoms with Gasteiger partial charge in [-0.1, -0.05) is 34.1 Å². The third-order valence-electron chi connectivity index (χ3n) is 2.61. The molecule has 1 fully saturated rings. The highest BCUT2D eigenvalue weighted by molar-refractivity contribution is 9.10. The molecule has 0 amide bonds. The maximum atomic E-state index is 11.1. The van der Waals surface area contributed by atoms with E-state index < -0.39 is 5.54 Å². The van der Waals surface area contributed by atoms with E-state index in [9.17, 15) is 9.59 Å². The van der Waals surface area contributed by atoms with Crippen molar-refractivity contribution in [3.05, 3.63) is 34.3 Å². The maximum absolute atomic E-state index is 11.1. The second-order valence-corrected chi connectivity index (χ2v) is 4.46. The van der Waals surface area contributed by atoms with Crippen LogP contribution in [0.15, 0.2) is 33.7 Å². The van der Waals surface area contributed by atoms with Gasteiger partial charge in [0.15, 0.2) is 0 Å². The highest BCUT2D eigenvalue weighted by Crippen LogP contribution is 2.44. The van der Waals surface area contributed by atoms with E-state index in [4.69, 9.17) is 0 Å². The Morgan fingerprint density at radius 1 is 1.33 bits per heavy atom. The first-order valence-corrected chi connectivity index (χ1v) is 5.33. The minimum Gasteiger partial charge on any atom is -0.299 e. The van der Waals surface area contributed by atoms with Gasteiger partial charge in [0, 0.05) is 17.3 Å². The van der Waals surface area contributed by atoms with Gasteiger partial charge in [0.25, 0.3) is 0 Å². The molecule has 1 aromatic rings. The lowest BCUT2D eigenvalue weighted by atomic mass is 9.71. The molecule has 0 heterocycles. The predicted molar refractivity (Wildman–Crippen MR) is 58.2 cm³/mol. The van der Waals surface area contributed by atoms with Crippen LogP contribution in [-0.2, 0) is 15.1 Å². The number of hydrogen-bond donors (Lipinski definition) is 0. The smallest absolute Gasteiger partial charge is 0.235 e. The highest BCUT2D eigenvalue weighted by atomic mass is 79.9. The molecule has 2 rings (SSSR count). The van der Waals surface area contributed by atoms with Gasteiger partial charge >= 0.3 is 0 Å². The van der Waals surface area contributed by atoms with Crippen molar-refractivity contribution < 1.29 is 9.59 Å². The van der Waals surface area contributed by atoms with Crippen molar-refractivity contribution in [2.45, 2.75) is 18.4 Å². The molecule has 0 radical (unpaired) electrons. The molecule has 0 N–H and O–H groups in total. The summed E-state index contributed by atoms with van der Waals surface area (Å²) in [6.07, 6.45) is 2.15. The number of halogens is 1. The van der Waals surface area contributed by atoms with Crippen molar-refractivity contribution in [1.82, 2.24) is 0 Å². The number of isocyanates is 1. The third kappa shape index (κ3) is 1.66. The molecule has 4 heteroatoms. The van der Waals surface area contributed by atoms with E-state index in [0.717, 1.165) is 10.0 Å². The lowest BCUT2D eigenvalue weighted by Gasteiger charge is -2.36. The summed E-state index contributed by atoms with van der Waals surface area (Å²) in [7, 11) is 0. The van der Waals surface area contributed by atoms with Crippen LogP contribution in [0.1, 0.15) is 18.4 Å². The number of nitrogens with zero attached hydrogens (tertiary/aromatic N) is 1. The zero-order valence-electron chi connectivity index (χ0n) is 7.87. The van der Waals surface area contributed by atoms with E-state index >= 15 is 0 Å². The average molecular weight is 266 g/mol. The lowest BCUT2D eigenvalue weighted by Crippen LogP contribution is -2.40. The second kappa shape index (κ2) is 3.72. The molecule has 15 heavy (non-hydrogen) atoms. The Bertz CT molecular complexity index is 455. The summed E-state index contributed by atoms with van der Waals surface area (Å²) < 4.78 is 0.872. The van der Waals surface area contributed by atoms with Gasteiger partial charge in [-0.15, -0.1) is 0 Å². The largest absolute Gasteiger partial charge is 0.299 e. The molecule has 76 valence electrons. The van der Waals surface area contributed by atoms with Crippen LogP contribution in [0.5, 0.6) is 0 Å². The molecule has 1 aromatic carbocycles. The fourth-order valence-corrected chi connectivity index (χ4v) is 2.51. The molecule has 0 aliphatic heterocycles. The van der Waals surface area contributed by atoms with Crippen LogP contribution in [0.25, 0.3) is 0 Å². The molecule has 0 unspecified atom stereocenters. The standard InChI is InChI=1S/C11H8BrNO2/c12-10-4-2-1-3-9(10)11(13-7-14)5-8(15)6-11/h1-4H,5-6H2. The van der Waals surface area contributed by atoms with Gasteiger partial charge < -0.3 is 0 Å². The van der Waals surface area contributed by atoms with E-state index in [1.165, 1.54) is 0 Å². The summed E-state index contributed by atoms with van der Waals surface area (Å²) in [6.45, 7) is 0. The van der Waals surface area contributed by atoms with E-state index in [0.29, 0.717) is 12.8 Å². The van der Waals surface area contributed by atoms with E-state index in [1.807, 2.05) is 24.3 Å². The maximum Gasteiger partial charge on any atom is 0.235 e. The summed E-state index contributed by atoms with van der Waals surface area (Å²) in [6, 6.07) is 7.49. The van der Waals surface area contributed by atoms with Crippen LogP contribution in [-0.4, -0.2) is 11.9 Å². The van der Waals surface area contributed by atoms with Crippen molar-refractivity contribution in [3.63, 3.8) is 0 Å². The summed E-state index contributed by atoms with van der Waals surface area (Å²) in [5.74, 6) is 0.129. The van der Waals surface area contributed by atoms with Crippen molar-refractivity contribution in [2.75, 3.05) is 0 Å². The molecule has 1 aliphatic carbocycles. The topological polar surface area (TPSA) is 46.5 Å². The van der Waals surface area contributed by atoms with E-state index in [-0.39, 0.29) is 5.78 Å². The first-order chi connectivity index (χ1) is 7.18. The molecular weight excluding hydrogens is 258 g/mol. The zero-order valence-corrected chi connectivity index (χ0v) is 9.45. The zero-order chi connectivity index (χ0) is 10.9. The van der Waals surface area contributed by atoms with Crippen molar-refractivity contribution in [3.8, 4) is 0 Å². The van der Waals surface area contributed by atoms with E-state index in [2.05, 4.69) is 20.9 Å². The number of carbonyl (C=O) groups is 1. The Labute approximate surface area is 95.3 Å². The SMILES string of the molecule is O=C=NC1(c2ccccc2Br)CC(=O)C1. The van der Waals surface area contributed by atoms with Crippen LogP contribution in [0.4, 0.5) is 0 Å². The first-order valence-electron chi connectivity index (χ1n) is 4.54. The van der Waals surface area contributed by atoms with Crippen LogP contribution < -0.4 is 0 Å². The van der Waals surface area contributed by atoms with Crippen molar-refractivity contribution in [1.29, 1.82) is 0 Å². The van der Waals surface area contributed by atoms with Gasteiger partial charge in [-0.25, -0.2) is 4.79 Å². The number of benzene rings is 1. The first kappa shape index (κ1) is 10.3. The lowest BCUT2D eigenvalue weighted by molar-refractivity contribution is -0.128. The predicted octanol–water partition coefficient (Wildman–Crippen LogP) is 2.34. The van der Waals surface area contributed by atoms with Gasteiger partial charge in [-0.05, 0) is 11.6 Å². The summed E-state index contributed by atoms with van der Waals surface area (Å²) in [4.78, 5) is 25.2. The summed E-state index contributed by atoms with van der Waals surface area (Å²) in [5.41, 5.74) is 0.215.